The highest BCUT2D eigenvalue weighted by Gasteiger charge is 2.31. The molecule has 1 N–H and O–H groups in total. The van der Waals surface area contributed by atoms with Gasteiger partial charge in [-0.3, -0.25) is 9.20 Å². The van der Waals surface area contributed by atoms with Crippen LogP contribution in [-0.4, -0.2) is 29.5 Å². The van der Waals surface area contributed by atoms with Crippen LogP contribution in [0.25, 0.3) is 16.9 Å². The zero-order valence-corrected chi connectivity index (χ0v) is 18.0. The first kappa shape index (κ1) is 22.2. The number of pyridine rings is 1. The Bertz CT molecular complexity index is 1350. The number of hydrogen-bond acceptors (Lipinski definition) is 4. The molecule has 6 nitrogen and oxygen atoms in total. The van der Waals surface area contributed by atoms with Crippen molar-refractivity contribution in [1.29, 1.82) is 0 Å². The summed E-state index contributed by atoms with van der Waals surface area (Å²) in [6, 6.07) is 13.1. The van der Waals surface area contributed by atoms with Crippen LogP contribution in [0.2, 0.25) is 0 Å². The zero-order valence-electron chi connectivity index (χ0n) is 18.0. The Labute approximate surface area is 187 Å². The van der Waals surface area contributed by atoms with Crippen LogP contribution >= 0.6 is 0 Å². The standard InChI is InChI=1S/C24H20F3N3O3/c1-14-7-10-20-28-21(15-8-9-18(32-2)19(12-15)33-3)22(30(20)13-14)29-23(31)16-5-4-6-17(11-16)24(25,26)27/h4-13H,1-3H3,(H,29,31). The smallest absolute Gasteiger partial charge is 0.416 e. The summed E-state index contributed by atoms with van der Waals surface area (Å²) in [6.45, 7) is 1.88. The predicted molar refractivity (Wildman–Crippen MR) is 118 cm³/mol. The molecule has 2 aromatic heterocycles. The van der Waals surface area contributed by atoms with Crippen LogP contribution in [0.3, 0.4) is 0 Å². The number of rotatable bonds is 5. The van der Waals surface area contributed by atoms with E-state index in [1.54, 1.807) is 34.9 Å². The second kappa shape index (κ2) is 8.50. The molecule has 0 aliphatic rings. The number of aromatic nitrogens is 2. The van der Waals surface area contributed by atoms with Crippen molar-refractivity contribution in [2.45, 2.75) is 13.1 Å². The molecule has 2 heterocycles. The first-order valence-corrected chi connectivity index (χ1v) is 9.91. The number of benzene rings is 2. The van der Waals surface area contributed by atoms with Crippen LogP contribution in [-0.2, 0) is 6.18 Å². The quantitative estimate of drug-likeness (QED) is 0.426. The molecular weight excluding hydrogens is 435 g/mol. The highest BCUT2D eigenvalue weighted by atomic mass is 19.4. The summed E-state index contributed by atoms with van der Waals surface area (Å²) < 4.78 is 51.7. The van der Waals surface area contributed by atoms with E-state index in [0.29, 0.717) is 34.2 Å². The summed E-state index contributed by atoms with van der Waals surface area (Å²) >= 11 is 0. The van der Waals surface area contributed by atoms with E-state index < -0.39 is 17.6 Å². The first-order chi connectivity index (χ1) is 15.7. The van der Waals surface area contributed by atoms with Gasteiger partial charge in [-0.05, 0) is 55.0 Å². The van der Waals surface area contributed by atoms with Gasteiger partial charge < -0.3 is 14.8 Å². The first-order valence-electron chi connectivity index (χ1n) is 9.91. The van der Waals surface area contributed by atoms with Crippen LogP contribution in [0, 0.1) is 6.92 Å². The van der Waals surface area contributed by atoms with E-state index in [0.717, 1.165) is 17.7 Å². The van der Waals surface area contributed by atoms with E-state index in [2.05, 4.69) is 10.3 Å². The summed E-state index contributed by atoms with van der Waals surface area (Å²) in [7, 11) is 3.02. The van der Waals surface area contributed by atoms with Crippen molar-refractivity contribution in [2.75, 3.05) is 19.5 Å². The molecule has 4 rings (SSSR count). The second-order valence-corrected chi connectivity index (χ2v) is 7.35. The highest BCUT2D eigenvalue weighted by molar-refractivity contribution is 6.06. The Kier molecular flexibility index (Phi) is 5.71. The number of alkyl halides is 3. The number of fused-ring (bicyclic) bond motifs is 1. The van der Waals surface area contributed by atoms with Crippen molar-refractivity contribution >= 4 is 17.4 Å². The number of aryl methyl sites for hydroxylation is 1. The predicted octanol–water partition coefficient (Wildman–Crippen LogP) is 5.60. The molecule has 0 fully saturated rings. The highest BCUT2D eigenvalue weighted by Crippen LogP contribution is 2.36. The van der Waals surface area contributed by atoms with Crippen molar-refractivity contribution in [3.05, 3.63) is 77.5 Å². The van der Waals surface area contributed by atoms with Gasteiger partial charge in [0.05, 0.1) is 19.8 Å². The number of nitrogens with zero attached hydrogens (tertiary/aromatic N) is 2. The van der Waals surface area contributed by atoms with Gasteiger partial charge in [-0.15, -0.1) is 0 Å². The van der Waals surface area contributed by atoms with E-state index in [9.17, 15) is 18.0 Å². The minimum atomic E-state index is -4.55. The van der Waals surface area contributed by atoms with Gasteiger partial charge >= 0.3 is 6.18 Å². The summed E-state index contributed by atoms with van der Waals surface area (Å²) in [5, 5.41) is 2.74. The fraction of sp³-hybridized carbons (Fsp3) is 0.167. The minimum absolute atomic E-state index is 0.120. The number of nitrogens with one attached hydrogen (secondary N) is 1. The number of hydrogen-bond donors (Lipinski definition) is 1. The molecular formula is C24H20F3N3O3. The fourth-order valence-electron chi connectivity index (χ4n) is 3.47. The van der Waals surface area contributed by atoms with Gasteiger partial charge in [0.15, 0.2) is 11.5 Å². The number of halogens is 3. The van der Waals surface area contributed by atoms with E-state index in [-0.39, 0.29) is 5.56 Å². The van der Waals surface area contributed by atoms with Crippen molar-refractivity contribution in [3.63, 3.8) is 0 Å². The van der Waals surface area contributed by atoms with Crippen LogP contribution in [0.1, 0.15) is 21.5 Å². The second-order valence-electron chi connectivity index (χ2n) is 7.35. The van der Waals surface area contributed by atoms with Crippen molar-refractivity contribution in [1.82, 2.24) is 9.38 Å². The third-order valence-electron chi connectivity index (χ3n) is 5.11. The molecule has 9 heteroatoms. The molecule has 0 saturated heterocycles. The van der Waals surface area contributed by atoms with Crippen LogP contribution < -0.4 is 14.8 Å². The molecule has 0 unspecified atom stereocenters. The van der Waals surface area contributed by atoms with Gasteiger partial charge in [0.1, 0.15) is 17.2 Å². The van der Waals surface area contributed by atoms with Gasteiger partial charge in [-0.2, -0.15) is 13.2 Å². The van der Waals surface area contributed by atoms with Crippen LogP contribution in [0.5, 0.6) is 11.5 Å². The molecule has 33 heavy (non-hydrogen) atoms. The van der Waals surface area contributed by atoms with E-state index >= 15 is 0 Å². The average Bonchev–Trinajstić information content (AvgIpc) is 3.15. The molecule has 0 aliphatic heterocycles. The Hall–Kier alpha value is -4.01. The molecule has 2 aromatic carbocycles. The number of carbonyl (C=O) groups is 1. The maximum absolute atomic E-state index is 13.1. The maximum Gasteiger partial charge on any atom is 0.416 e. The molecule has 0 bridgehead atoms. The van der Waals surface area contributed by atoms with Crippen molar-refractivity contribution in [3.8, 4) is 22.8 Å². The van der Waals surface area contributed by atoms with Gasteiger partial charge in [0.25, 0.3) is 5.91 Å². The lowest BCUT2D eigenvalue weighted by Crippen LogP contribution is -2.15. The normalized spacial score (nSPS) is 11.5. The van der Waals surface area contributed by atoms with Crippen molar-refractivity contribution in [2.24, 2.45) is 0 Å². The molecule has 0 spiro atoms. The number of imidazole rings is 1. The lowest BCUT2D eigenvalue weighted by atomic mass is 10.1. The Morgan fingerprint density at radius 2 is 1.76 bits per heavy atom. The lowest BCUT2D eigenvalue weighted by molar-refractivity contribution is -0.137. The minimum Gasteiger partial charge on any atom is -0.493 e. The fourth-order valence-corrected chi connectivity index (χ4v) is 3.47. The van der Waals surface area contributed by atoms with E-state index in [1.807, 2.05) is 13.0 Å². The summed E-state index contributed by atoms with van der Waals surface area (Å²) in [5.41, 5.74) is 1.52. The monoisotopic (exact) mass is 455 g/mol. The Morgan fingerprint density at radius 1 is 1.00 bits per heavy atom. The van der Waals surface area contributed by atoms with Crippen LogP contribution in [0.15, 0.2) is 60.8 Å². The molecule has 170 valence electrons. The topological polar surface area (TPSA) is 64.9 Å². The zero-order chi connectivity index (χ0) is 23.8. The Morgan fingerprint density at radius 3 is 2.45 bits per heavy atom. The molecule has 4 aromatic rings. The SMILES string of the molecule is COc1ccc(-c2nc3ccc(C)cn3c2NC(=O)c2cccc(C(F)(F)F)c2)cc1OC. The number of ether oxygens (including phenoxy) is 2. The van der Waals surface area contributed by atoms with Gasteiger partial charge in [-0.1, -0.05) is 12.1 Å². The molecule has 0 aliphatic carbocycles. The van der Waals surface area contributed by atoms with E-state index in [1.165, 1.54) is 26.4 Å². The summed E-state index contributed by atoms with van der Waals surface area (Å²) in [4.78, 5) is 17.6. The molecule has 0 saturated carbocycles. The average molecular weight is 455 g/mol. The van der Waals surface area contributed by atoms with Crippen molar-refractivity contribution < 1.29 is 27.4 Å². The third-order valence-corrected chi connectivity index (χ3v) is 5.11. The third kappa shape index (κ3) is 4.34. The van der Waals surface area contributed by atoms with Crippen LogP contribution in [0.4, 0.5) is 19.0 Å². The summed E-state index contributed by atoms with van der Waals surface area (Å²) in [6.07, 6.45) is -2.77. The van der Waals surface area contributed by atoms with Gasteiger partial charge in [0.2, 0.25) is 0 Å². The molecule has 0 radical (unpaired) electrons. The number of methoxy groups -OCH3 is 2. The summed E-state index contributed by atoms with van der Waals surface area (Å²) in [5.74, 6) is 0.628. The lowest BCUT2D eigenvalue weighted by Gasteiger charge is -2.12. The number of carbonyl (C=O) groups excluding carboxylic acids is 1. The van der Waals surface area contributed by atoms with E-state index in [4.69, 9.17) is 9.47 Å². The molecule has 1 amide bonds. The number of amides is 1. The molecule has 0 atom stereocenters. The largest absolute Gasteiger partial charge is 0.493 e. The Balaban J connectivity index is 1.82. The maximum atomic E-state index is 13.1. The van der Waals surface area contributed by atoms with Gasteiger partial charge in [-0.25, -0.2) is 4.98 Å². The van der Waals surface area contributed by atoms with Gasteiger partial charge in [0, 0.05) is 17.3 Å². The number of anilines is 1.